The van der Waals surface area contributed by atoms with Gasteiger partial charge in [0.15, 0.2) is 0 Å². The van der Waals surface area contributed by atoms with E-state index in [1.54, 1.807) is 17.0 Å². The number of amides is 2. The third-order valence-electron chi connectivity index (χ3n) is 5.48. The van der Waals surface area contributed by atoms with Gasteiger partial charge in [-0.15, -0.1) is 0 Å². The molecule has 4 nitrogen and oxygen atoms in total. The van der Waals surface area contributed by atoms with Gasteiger partial charge in [0.2, 0.25) is 0 Å². The molecule has 2 heterocycles. The smallest absolute Gasteiger partial charge is 0.318 e. The Kier molecular flexibility index (Phi) is 4.96. The molecule has 1 aliphatic heterocycles. The van der Waals surface area contributed by atoms with Crippen molar-refractivity contribution < 1.29 is 9.18 Å². The maximum absolute atomic E-state index is 13.5. The van der Waals surface area contributed by atoms with E-state index in [2.05, 4.69) is 16.0 Å². The van der Waals surface area contributed by atoms with Crippen LogP contribution in [0, 0.1) is 5.82 Å². The van der Waals surface area contributed by atoms with Gasteiger partial charge in [-0.2, -0.15) is 0 Å². The first-order valence-corrected chi connectivity index (χ1v) is 10.3. The molecule has 0 saturated heterocycles. The summed E-state index contributed by atoms with van der Waals surface area (Å²) in [5, 5.41) is 3.52. The van der Waals surface area contributed by atoms with Crippen molar-refractivity contribution in [1.82, 2.24) is 9.47 Å². The summed E-state index contributed by atoms with van der Waals surface area (Å²) in [6, 6.07) is 24.7. The number of fused-ring (bicyclic) bond motifs is 3. The van der Waals surface area contributed by atoms with Gasteiger partial charge in [0.25, 0.3) is 0 Å². The van der Waals surface area contributed by atoms with Crippen molar-refractivity contribution >= 4 is 23.3 Å². The zero-order valence-corrected chi connectivity index (χ0v) is 17.3. The van der Waals surface area contributed by atoms with Crippen LogP contribution < -0.4 is 5.32 Å². The molecular formula is C25H19ClFN3O. The monoisotopic (exact) mass is 431 g/mol. The maximum Gasteiger partial charge on any atom is 0.322 e. The maximum atomic E-state index is 13.5. The first-order valence-electron chi connectivity index (χ1n) is 9.94. The van der Waals surface area contributed by atoms with Crippen LogP contribution in [-0.4, -0.2) is 15.5 Å². The molecule has 1 N–H and O–H groups in total. The molecule has 4 aromatic rings. The number of halogens is 2. The van der Waals surface area contributed by atoms with Crippen LogP contribution in [0.25, 0.3) is 5.69 Å². The molecule has 31 heavy (non-hydrogen) atoms. The number of rotatable bonds is 2. The van der Waals surface area contributed by atoms with Crippen molar-refractivity contribution in [1.29, 1.82) is 0 Å². The van der Waals surface area contributed by atoms with E-state index in [0.717, 1.165) is 22.5 Å². The van der Waals surface area contributed by atoms with Crippen LogP contribution in [-0.2, 0) is 6.54 Å². The molecule has 3 aromatic carbocycles. The van der Waals surface area contributed by atoms with E-state index >= 15 is 0 Å². The Hall–Kier alpha value is -3.57. The molecule has 1 aromatic heterocycles. The summed E-state index contributed by atoms with van der Waals surface area (Å²) < 4.78 is 15.4. The number of hydrogen-bond acceptors (Lipinski definition) is 1. The Balaban J connectivity index is 1.63. The topological polar surface area (TPSA) is 37.3 Å². The predicted molar refractivity (Wildman–Crippen MR) is 120 cm³/mol. The molecule has 1 aliphatic rings. The van der Waals surface area contributed by atoms with Crippen LogP contribution >= 0.6 is 11.6 Å². The van der Waals surface area contributed by atoms with Crippen LogP contribution in [0.4, 0.5) is 14.9 Å². The van der Waals surface area contributed by atoms with E-state index in [1.807, 2.05) is 60.8 Å². The first kappa shape index (κ1) is 19.4. The third kappa shape index (κ3) is 3.68. The minimum Gasteiger partial charge on any atom is -0.318 e. The van der Waals surface area contributed by atoms with E-state index in [9.17, 15) is 9.18 Å². The molecule has 0 aliphatic carbocycles. The summed E-state index contributed by atoms with van der Waals surface area (Å²) in [6.45, 7) is 0.405. The highest BCUT2D eigenvalue weighted by Gasteiger charge is 2.33. The quantitative estimate of drug-likeness (QED) is 0.391. The minimum absolute atomic E-state index is 0.277. The van der Waals surface area contributed by atoms with Gasteiger partial charge in [0.05, 0.1) is 18.3 Å². The highest BCUT2D eigenvalue weighted by Crippen LogP contribution is 2.37. The number of carbonyl (C=O) groups is 1. The van der Waals surface area contributed by atoms with Crippen LogP contribution in [0.5, 0.6) is 0 Å². The number of anilines is 1. The first-order chi connectivity index (χ1) is 15.1. The number of nitrogens with zero attached hydrogens (tertiary/aromatic N) is 2. The molecule has 0 unspecified atom stereocenters. The lowest BCUT2D eigenvalue weighted by Crippen LogP contribution is -2.37. The molecular weight excluding hydrogens is 413 g/mol. The van der Waals surface area contributed by atoms with Crippen LogP contribution in [0.2, 0.25) is 5.02 Å². The number of para-hydroxylation sites is 1. The molecule has 0 bridgehead atoms. The van der Waals surface area contributed by atoms with Gasteiger partial charge in [-0.3, -0.25) is 0 Å². The van der Waals surface area contributed by atoms with Gasteiger partial charge < -0.3 is 14.8 Å². The van der Waals surface area contributed by atoms with E-state index in [4.69, 9.17) is 11.6 Å². The van der Waals surface area contributed by atoms with Gasteiger partial charge in [0, 0.05) is 22.6 Å². The van der Waals surface area contributed by atoms with Crippen molar-refractivity contribution in [3.8, 4) is 5.69 Å². The molecule has 1 atom stereocenters. The molecule has 0 fully saturated rings. The van der Waals surface area contributed by atoms with Crippen LogP contribution in [0.3, 0.4) is 0 Å². The Morgan fingerprint density at radius 1 is 0.968 bits per heavy atom. The summed E-state index contributed by atoms with van der Waals surface area (Å²) in [6.07, 6.45) is 2.01. The predicted octanol–water partition coefficient (Wildman–Crippen LogP) is 6.41. The standard InChI is InChI=1S/C25H19ClFN3O/c26-19-7-3-6-17(15-19)24-23-9-4-14-29(23)22-8-2-1-5-18(22)16-30(24)25(31)28-21-12-10-20(27)11-13-21/h1-15,24H,16H2,(H,28,31)/t24-/m0/s1. The molecule has 0 radical (unpaired) electrons. The Labute approximate surface area is 184 Å². The summed E-state index contributed by atoms with van der Waals surface area (Å²) >= 11 is 6.31. The van der Waals surface area contributed by atoms with Crippen molar-refractivity contribution in [3.63, 3.8) is 0 Å². The number of hydrogen-bond donors (Lipinski definition) is 1. The fourth-order valence-corrected chi connectivity index (χ4v) is 4.29. The zero-order valence-electron chi connectivity index (χ0n) is 16.5. The molecule has 154 valence electrons. The van der Waals surface area contributed by atoms with E-state index in [1.165, 1.54) is 12.1 Å². The van der Waals surface area contributed by atoms with Crippen molar-refractivity contribution in [2.75, 3.05) is 5.32 Å². The lowest BCUT2D eigenvalue weighted by Gasteiger charge is -2.31. The highest BCUT2D eigenvalue weighted by atomic mass is 35.5. The van der Waals surface area contributed by atoms with Crippen LogP contribution in [0.1, 0.15) is 22.9 Å². The zero-order chi connectivity index (χ0) is 21.4. The molecule has 0 saturated carbocycles. The van der Waals surface area contributed by atoms with E-state index < -0.39 is 0 Å². The summed E-state index contributed by atoms with van der Waals surface area (Å²) in [5.41, 5.74) is 4.46. The average molecular weight is 432 g/mol. The summed E-state index contributed by atoms with van der Waals surface area (Å²) in [7, 11) is 0. The summed E-state index contributed by atoms with van der Waals surface area (Å²) in [5.74, 6) is -0.351. The largest absolute Gasteiger partial charge is 0.322 e. The number of benzene rings is 3. The summed E-state index contributed by atoms with van der Waals surface area (Å²) in [4.78, 5) is 15.3. The second-order valence-electron chi connectivity index (χ2n) is 7.45. The number of aromatic nitrogens is 1. The van der Waals surface area contributed by atoms with E-state index in [0.29, 0.717) is 17.3 Å². The normalized spacial score (nSPS) is 15.0. The number of urea groups is 1. The van der Waals surface area contributed by atoms with Gasteiger partial charge >= 0.3 is 6.03 Å². The van der Waals surface area contributed by atoms with E-state index in [-0.39, 0.29) is 17.9 Å². The fourth-order valence-electron chi connectivity index (χ4n) is 4.10. The SMILES string of the molecule is O=C(Nc1ccc(F)cc1)N1Cc2ccccc2-n2cccc2[C@@H]1c1cccc(Cl)c1. The van der Waals surface area contributed by atoms with Gasteiger partial charge in [0.1, 0.15) is 5.82 Å². The van der Waals surface area contributed by atoms with Crippen molar-refractivity contribution in [2.24, 2.45) is 0 Å². The van der Waals surface area contributed by atoms with Crippen LogP contribution in [0.15, 0.2) is 91.1 Å². The van der Waals surface area contributed by atoms with Gasteiger partial charge in [-0.05, 0) is 65.7 Å². The lowest BCUT2D eigenvalue weighted by atomic mass is 10.0. The van der Waals surface area contributed by atoms with Crippen molar-refractivity contribution in [3.05, 3.63) is 119 Å². The average Bonchev–Trinajstić information content (AvgIpc) is 3.19. The molecule has 0 spiro atoms. The Bertz CT molecular complexity index is 1250. The van der Waals surface area contributed by atoms with Gasteiger partial charge in [-0.1, -0.05) is 41.9 Å². The van der Waals surface area contributed by atoms with Gasteiger partial charge in [-0.25, -0.2) is 9.18 Å². The van der Waals surface area contributed by atoms with Crippen molar-refractivity contribution in [2.45, 2.75) is 12.6 Å². The fraction of sp³-hybridized carbons (Fsp3) is 0.0800. The Morgan fingerprint density at radius 2 is 1.77 bits per heavy atom. The minimum atomic E-state index is -0.360. The third-order valence-corrected chi connectivity index (χ3v) is 5.72. The second kappa shape index (κ2) is 7.93. The molecule has 5 rings (SSSR count). The lowest BCUT2D eigenvalue weighted by molar-refractivity contribution is 0.194. The second-order valence-corrected chi connectivity index (χ2v) is 7.89. The number of nitrogens with one attached hydrogen (secondary N) is 1. The molecule has 6 heteroatoms. The highest BCUT2D eigenvalue weighted by molar-refractivity contribution is 6.30. The molecule has 2 amide bonds. The Morgan fingerprint density at radius 3 is 2.58 bits per heavy atom. The number of carbonyl (C=O) groups excluding carboxylic acids is 1.